The van der Waals surface area contributed by atoms with E-state index in [1.54, 1.807) is 60.6 Å². The fraction of sp³-hybridized carbons (Fsp3) is 0.577. The van der Waals surface area contributed by atoms with Crippen molar-refractivity contribution in [2.45, 2.75) is 78.0 Å². The summed E-state index contributed by atoms with van der Waals surface area (Å²) in [6, 6.07) is 7.52. The molecule has 1 N–H and O–H groups in total. The number of carbonyl (C=O) groups is 2. The highest BCUT2D eigenvalue weighted by atomic mass is 16.6. The largest absolute Gasteiger partial charge is 0.497 e. The quantitative estimate of drug-likeness (QED) is 0.387. The molecule has 1 aromatic rings. The van der Waals surface area contributed by atoms with Crippen LogP contribution in [0.15, 0.2) is 29.3 Å². The molecule has 8 heteroatoms. The molecule has 0 aromatic heterocycles. The second kappa shape index (κ2) is 11.3. The average Bonchev–Trinajstić information content (AvgIpc) is 3.53. The molecule has 2 amide bonds. The molecule has 1 atom stereocenters. The van der Waals surface area contributed by atoms with Gasteiger partial charge in [0.2, 0.25) is 5.96 Å². The van der Waals surface area contributed by atoms with Crippen LogP contribution < -0.4 is 10.1 Å². The van der Waals surface area contributed by atoms with Crippen molar-refractivity contribution >= 4 is 18.1 Å². The van der Waals surface area contributed by atoms with Crippen LogP contribution in [0, 0.1) is 17.8 Å². The van der Waals surface area contributed by atoms with Gasteiger partial charge in [0, 0.05) is 13.5 Å². The van der Waals surface area contributed by atoms with Crippen molar-refractivity contribution in [1.82, 2.24) is 10.2 Å². The van der Waals surface area contributed by atoms with Crippen molar-refractivity contribution < 1.29 is 23.8 Å². The number of hydrogen-bond acceptors (Lipinski definition) is 5. The lowest BCUT2D eigenvalue weighted by atomic mass is 10.1. The van der Waals surface area contributed by atoms with Gasteiger partial charge in [-0.3, -0.25) is 5.32 Å². The number of methoxy groups -OCH3 is 1. The highest BCUT2D eigenvalue weighted by Gasteiger charge is 2.35. The normalized spacial score (nSPS) is 14.9. The first-order valence-corrected chi connectivity index (χ1v) is 11.4. The first-order valence-electron chi connectivity index (χ1n) is 11.4. The number of carbonyl (C=O) groups excluding carboxylic acids is 2. The maximum Gasteiger partial charge on any atom is 0.437 e. The molecular formula is C26H37N3O5. The SMILES string of the molecule is COc1ccc(CC#CC(C2CC2)N(C)/C(=N\C(=O)OC(C)(C)C)NC(=O)OC(C)(C)C)cc1. The van der Waals surface area contributed by atoms with Gasteiger partial charge in [0.1, 0.15) is 17.0 Å². The zero-order valence-electron chi connectivity index (χ0n) is 21.5. The number of benzene rings is 1. The van der Waals surface area contributed by atoms with Gasteiger partial charge < -0.3 is 19.1 Å². The molecule has 2 rings (SSSR count). The number of hydrogen-bond donors (Lipinski definition) is 1. The minimum Gasteiger partial charge on any atom is -0.497 e. The standard InChI is InChI=1S/C26H37N3O5/c1-25(2,3)33-23(30)27-22(28-24(31)34-26(4,5)6)29(7)21(19-14-15-19)11-9-10-18-12-16-20(32-8)17-13-18/h12-13,16-17,19,21H,10,14-15H2,1-8H3,(H,27,28,30,31). The number of ether oxygens (including phenoxy) is 3. The molecule has 0 radical (unpaired) electrons. The van der Waals surface area contributed by atoms with Gasteiger partial charge in [0.15, 0.2) is 0 Å². The van der Waals surface area contributed by atoms with Gasteiger partial charge in [-0.05, 0) is 78.0 Å². The average molecular weight is 472 g/mol. The van der Waals surface area contributed by atoms with Crippen LogP contribution in [0.2, 0.25) is 0 Å². The number of alkyl carbamates (subject to hydrolysis) is 1. The van der Waals surface area contributed by atoms with E-state index in [4.69, 9.17) is 14.2 Å². The molecule has 1 aliphatic rings. The van der Waals surface area contributed by atoms with E-state index in [0.29, 0.717) is 12.3 Å². The Morgan fingerprint density at radius 3 is 2.18 bits per heavy atom. The minimum atomic E-state index is -0.800. The maximum atomic E-state index is 12.5. The summed E-state index contributed by atoms with van der Waals surface area (Å²) in [5.41, 5.74) is -0.349. The van der Waals surface area contributed by atoms with Gasteiger partial charge in [-0.2, -0.15) is 0 Å². The molecule has 0 bridgehead atoms. The summed E-state index contributed by atoms with van der Waals surface area (Å²) in [4.78, 5) is 30.6. The predicted octanol–water partition coefficient (Wildman–Crippen LogP) is 4.77. The van der Waals surface area contributed by atoms with E-state index >= 15 is 0 Å². The minimum absolute atomic E-state index is 0.0409. The van der Waals surface area contributed by atoms with Gasteiger partial charge in [-0.1, -0.05) is 24.0 Å². The molecule has 0 aliphatic heterocycles. The van der Waals surface area contributed by atoms with Crippen LogP contribution in [0.1, 0.15) is 59.9 Å². The Morgan fingerprint density at radius 1 is 1.09 bits per heavy atom. The van der Waals surface area contributed by atoms with Crippen LogP contribution in [0.3, 0.4) is 0 Å². The molecule has 1 aliphatic carbocycles. The van der Waals surface area contributed by atoms with Crippen LogP contribution in [0.5, 0.6) is 5.75 Å². The number of guanidine groups is 1. The second-order valence-corrected chi connectivity index (χ2v) is 10.3. The summed E-state index contributed by atoms with van der Waals surface area (Å²) < 4.78 is 15.9. The van der Waals surface area contributed by atoms with E-state index in [-0.39, 0.29) is 12.0 Å². The van der Waals surface area contributed by atoms with Crippen LogP contribution in [0.25, 0.3) is 0 Å². The number of nitrogens with zero attached hydrogens (tertiary/aromatic N) is 2. The lowest BCUT2D eigenvalue weighted by molar-refractivity contribution is 0.0554. The van der Waals surface area contributed by atoms with Gasteiger partial charge in [0.25, 0.3) is 0 Å². The van der Waals surface area contributed by atoms with Crippen molar-refractivity contribution in [3.8, 4) is 17.6 Å². The molecular weight excluding hydrogens is 434 g/mol. The number of amides is 2. The van der Waals surface area contributed by atoms with E-state index < -0.39 is 23.4 Å². The van der Waals surface area contributed by atoms with Crippen LogP contribution in [-0.2, 0) is 15.9 Å². The highest BCUT2D eigenvalue weighted by molar-refractivity contribution is 5.99. The lowest BCUT2D eigenvalue weighted by Gasteiger charge is -2.28. The predicted molar refractivity (Wildman–Crippen MR) is 132 cm³/mol. The van der Waals surface area contributed by atoms with Crippen molar-refractivity contribution in [2.75, 3.05) is 14.2 Å². The lowest BCUT2D eigenvalue weighted by Crippen LogP contribution is -2.49. The molecule has 1 aromatic carbocycles. The topological polar surface area (TPSA) is 89.5 Å². The number of rotatable bonds is 4. The van der Waals surface area contributed by atoms with Gasteiger partial charge >= 0.3 is 12.2 Å². The summed E-state index contributed by atoms with van der Waals surface area (Å²) in [5, 5.41) is 2.61. The Kier molecular flexibility index (Phi) is 8.97. The van der Waals surface area contributed by atoms with Crippen LogP contribution >= 0.6 is 0 Å². The van der Waals surface area contributed by atoms with Crippen molar-refractivity contribution in [1.29, 1.82) is 0 Å². The molecule has 8 nitrogen and oxygen atoms in total. The van der Waals surface area contributed by atoms with Gasteiger partial charge in [-0.15, -0.1) is 4.99 Å². The van der Waals surface area contributed by atoms with Crippen LogP contribution in [-0.4, -0.2) is 54.4 Å². The Hall–Kier alpha value is -3.21. The van der Waals surface area contributed by atoms with E-state index in [1.807, 2.05) is 24.3 Å². The second-order valence-electron chi connectivity index (χ2n) is 10.3. The van der Waals surface area contributed by atoms with E-state index in [1.165, 1.54) is 0 Å². The maximum absolute atomic E-state index is 12.5. The third-order valence-electron chi connectivity index (χ3n) is 4.72. The number of nitrogens with one attached hydrogen (secondary N) is 1. The monoisotopic (exact) mass is 471 g/mol. The zero-order valence-corrected chi connectivity index (χ0v) is 21.5. The van der Waals surface area contributed by atoms with Gasteiger partial charge in [0.05, 0.1) is 13.2 Å². The van der Waals surface area contributed by atoms with Crippen molar-refractivity contribution in [3.05, 3.63) is 29.8 Å². The summed E-state index contributed by atoms with van der Waals surface area (Å²) in [6.45, 7) is 10.5. The molecule has 1 saturated carbocycles. The van der Waals surface area contributed by atoms with E-state index in [9.17, 15) is 9.59 Å². The molecule has 0 saturated heterocycles. The van der Waals surface area contributed by atoms with Crippen molar-refractivity contribution in [2.24, 2.45) is 10.9 Å². The molecule has 186 valence electrons. The fourth-order valence-electron chi connectivity index (χ4n) is 3.04. The summed E-state index contributed by atoms with van der Waals surface area (Å²) in [7, 11) is 3.39. The summed E-state index contributed by atoms with van der Waals surface area (Å²) in [6.07, 6.45) is 1.09. The third kappa shape index (κ3) is 9.74. The highest BCUT2D eigenvalue weighted by Crippen LogP contribution is 2.35. The number of aliphatic imine (C=N–C) groups is 1. The molecule has 1 unspecified atom stereocenters. The van der Waals surface area contributed by atoms with E-state index in [0.717, 1.165) is 24.2 Å². The van der Waals surface area contributed by atoms with Crippen LogP contribution in [0.4, 0.5) is 9.59 Å². The molecule has 34 heavy (non-hydrogen) atoms. The molecule has 0 spiro atoms. The molecule has 1 fully saturated rings. The van der Waals surface area contributed by atoms with Gasteiger partial charge in [-0.25, -0.2) is 9.59 Å². The van der Waals surface area contributed by atoms with E-state index in [2.05, 4.69) is 22.2 Å². The first-order chi connectivity index (χ1) is 15.8. The Labute approximate surface area is 203 Å². The molecule has 0 heterocycles. The first kappa shape index (κ1) is 27.0. The third-order valence-corrected chi connectivity index (χ3v) is 4.72. The summed E-state index contributed by atoms with van der Waals surface area (Å²) >= 11 is 0. The zero-order chi connectivity index (χ0) is 25.5. The Bertz CT molecular complexity index is 942. The summed E-state index contributed by atoms with van der Waals surface area (Å²) in [5.74, 6) is 7.69. The Balaban J connectivity index is 2.23. The Morgan fingerprint density at radius 2 is 1.68 bits per heavy atom. The van der Waals surface area contributed by atoms with Crippen molar-refractivity contribution in [3.63, 3.8) is 0 Å². The fourth-order valence-corrected chi connectivity index (χ4v) is 3.04. The smallest absolute Gasteiger partial charge is 0.437 e.